The van der Waals surface area contributed by atoms with Gasteiger partial charge in [0.25, 0.3) is 0 Å². The van der Waals surface area contributed by atoms with Crippen LogP contribution in [0.2, 0.25) is 0 Å². The number of hydrogen-bond acceptors (Lipinski definition) is 4. The first-order valence-electron chi connectivity index (χ1n) is 9.59. The number of carbonyl (C=O) groups is 1. The number of H-pyrrole nitrogens is 1. The molecular weight excluding hydrogens is 368 g/mol. The highest BCUT2D eigenvalue weighted by Gasteiger charge is 2.14. The van der Waals surface area contributed by atoms with Gasteiger partial charge in [0.15, 0.2) is 5.82 Å². The van der Waals surface area contributed by atoms with Gasteiger partial charge in [-0.25, -0.2) is 4.98 Å². The molecule has 0 saturated carbocycles. The van der Waals surface area contributed by atoms with Crippen molar-refractivity contribution in [1.29, 1.82) is 0 Å². The van der Waals surface area contributed by atoms with E-state index in [0.717, 1.165) is 29.8 Å². The van der Waals surface area contributed by atoms with Gasteiger partial charge in [0.1, 0.15) is 0 Å². The topological polar surface area (TPSA) is 70.7 Å². The molecule has 146 valence electrons. The van der Waals surface area contributed by atoms with Crippen LogP contribution in [0.15, 0.2) is 53.7 Å². The summed E-state index contributed by atoms with van der Waals surface area (Å²) in [5.74, 6) is 0.988. The van der Waals surface area contributed by atoms with Crippen LogP contribution in [0.4, 0.5) is 0 Å². The van der Waals surface area contributed by atoms with E-state index in [0.29, 0.717) is 5.16 Å². The van der Waals surface area contributed by atoms with Gasteiger partial charge in [-0.15, -0.1) is 5.10 Å². The molecule has 0 aliphatic rings. The summed E-state index contributed by atoms with van der Waals surface area (Å²) in [5, 5.41) is 10.8. The zero-order valence-corrected chi connectivity index (χ0v) is 17.3. The van der Waals surface area contributed by atoms with Crippen LogP contribution in [0.5, 0.6) is 0 Å². The zero-order chi connectivity index (χ0) is 19.9. The van der Waals surface area contributed by atoms with Gasteiger partial charge in [0.05, 0.1) is 11.8 Å². The van der Waals surface area contributed by atoms with E-state index in [-0.39, 0.29) is 17.7 Å². The predicted molar refractivity (Wildman–Crippen MR) is 114 cm³/mol. The van der Waals surface area contributed by atoms with Crippen LogP contribution < -0.4 is 5.32 Å². The minimum absolute atomic E-state index is 0.0175. The number of aromatic nitrogens is 3. The van der Waals surface area contributed by atoms with Crippen molar-refractivity contribution in [2.24, 2.45) is 0 Å². The number of carbonyl (C=O) groups excluding carboxylic acids is 1. The number of aromatic amines is 1. The van der Waals surface area contributed by atoms with E-state index in [9.17, 15) is 4.79 Å². The van der Waals surface area contributed by atoms with E-state index in [1.165, 1.54) is 22.9 Å². The lowest BCUT2D eigenvalue weighted by Gasteiger charge is -2.17. The fourth-order valence-electron chi connectivity index (χ4n) is 2.92. The molecule has 0 radical (unpaired) electrons. The van der Waals surface area contributed by atoms with E-state index in [1.54, 1.807) is 0 Å². The molecule has 0 saturated heterocycles. The van der Waals surface area contributed by atoms with Crippen LogP contribution in [0, 0.1) is 6.92 Å². The smallest absolute Gasteiger partial charge is 0.230 e. The minimum Gasteiger partial charge on any atom is -0.349 e. The highest BCUT2D eigenvalue weighted by molar-refractivity contribution is 7.99. The Labute approximate surface area is 170 Å². The number of nitrogens with zero attached hydrogens (tertiary/aromatic N) is 2. The summed E-state index contributed by atoms with van der Waals surface area (Å²) in [5.41, 5.74) is 4.62. The second kappa shape index (κ2) is 9.55. The maximum Gasteiger partial charge on any atom is 0.230 e. The minimum atomic E-state index is -0.0175. The normalized spacial score (nSPS) is 12.0. The number of thioether (sulfide) groups is 1. The Morgan fingerprint density at radius 1 is 1.11 bits per heavy atom. The van der Waals surface area contributed by atoms with E-state index in [4.69, 9.17) is 0 Å². The Balaban J connectivity index is 1.55. The average Bonchev–Trinajstić information content (AvgIpc) is 3.20. The van der Waals surface area contributed by atoms with Gasteiger partial charge in [-0.3, -0.25) is 9.89 Å². The summed E-state index contributed by atoms with van der Waals surface area (Å²) >= 11 is 1.34. The molecule has 0 aliphatic carbocycles. The van der Waals surface area contributed by atoms with Crippen molar-refractivity contribution in [3.05, 3.63) is 65.2 Å². The number of amides is 1. The molecule has 0 unspecified atom stereocenters. The van der Waals surface area contributed by atoms with Gasteiger partial charge in [0, 0.05) is 5.56 Å². The number of nitrogens with one attached hydrogen (secondary N) is 2. The summed E-state index contributed by atoms with van der Waals surface area (Å²) < 4.78 is 0. The third kappa shape index (κ3) is 5.23. The monoisotopic (exact) mass is 394 g/mol. The molecule has 2 aromatic carbocycles. The van der Waals surface area contributed by atoms with Crippen LogP contribution in [-0.4, -0.2) is 26.8 Å². The number of aryl methyl sites for hydroxylation is 2. The van der Waals surface area contributed by atoms with Crippen molar-refractivity contribution < 1.29 is 4.79 Å². The first-order chi connectivity index (χ1) is 13.6. The first-order valence-corrected chi connectivity index (χ1v) is 10.6. The summed E-state index contributed by atoms with van der Waals surface area (Å²) in [6, 6.07) is 16.6. The maximum absolute atomic E-state index is 12.4. The molecule has 2 N–H and O–H groups in total. The molecule has 0 fully saturated rings. The van der Waals surface area contributed by atoms with Gasteiger partial charge in [-0.2, -0.15) is 0 Å². The molecular formula is C22H26N4OS. The van der Waals surface area contributed by atoms with Gasteiger partial charge >= 0.3 is 0 Å². The maximum atomic E-state index is 12.4. The van der Waals surface area contributed by atoms with Crippen LogP contribution in [0.3, 0.4) is 0 Å². The highest BCUT2D eigenvalue weighted by Crippen LogP contribution is 2.21. The molecule has 28 heavy (non-hydrogen) atoms. The van der Waals surface area contributed by atoms with Crippen LogP contribution in [0.25, 0.3) is 11.4 Å². The Morgan fingerprint density at radius 2 is 1.82 bits per heavy atom. The van der Waals surface area contributed by atoms with E-state index in [2.05, 4.69) is 77.7 Å². The molecule has 3 rings (SSSR count). The molecule has 0 aliphatic heterocycles. The molecule has 1 amide bonds. The summed E-state index contributed by atoms with van der Waals surface area (Å²) in [7, 11) is 0. The lowest BCUT2D eigenvalue weighted by Crippen LogP contribution is -2.29. The second-order valence-electron chi connectivity index (χ2n) is 6.74. The van der Waals surface area contributed by atoms with Gasteiger partial charge < -0.3 is 5.32 Å². The fraction of sp³-hybridized carbons (Fsp3) is 0.318. The lowest BCUT2D eigenvalue weighted by atomic mass is 10.0. The third-order valence-electron chi connectivity index (χ3n) is 4.66. The van der Waals surface area contributed by atoms with E-state index >= 15 is 0 Å². The number of hydrogen-bond donors (Lipinski definition) is 2. The Hall–Kier alpha value is -2.60. The average molecular weight is 395 g/mol. The summed E-state index contributed by atoms with van der Waals surface area (Å²) in [6.07, 6.45) is 1.85. The van der Waals surface area contributed by atoms with Crippen molar-refractivity contribution in [2.45, 2.75) is 44.8 Å². The van der Waals surface area contributed by atoms with Gasteiger partial charge in [-0.05, 0) is 30.9 Å². The first kappa shape index (κ1) is 20.1. The Kier molecular flexibility index (Phi) is 6.87. The second-order valence-corrected chi connectivity index (χ2v) is 7.69. The standard InChI is InChI=1S/C22H26N4OS/c1-4-16-8-12-18(13-9-16)21-24-22(26-25-21)28-14-20(27)23-19(5-2)17-10-6-15(3)7-11-17/h6-13,19H,4-5,14H2,1-3H3,(H,23,27)(H,24,25,26)/t19-/m1/s1. The zero-order valence-electron chi connectivity index (χ0n) is 16.5. The van der Waals surface area contributed by atoms with Crippen molar-refractivity contribution in [3.63, 3.8) is 0 Å². The SMILES string of the molecule is CCc1ccc(-c2nc(SCC(=O)N[C@H](CC)c3ccc(C)cc3)n[nH]2)cc1. The van der Waals surface area contributed by atoms with Crippen molar-refractivity contribution >= 4 is 17.7 Å². The number of benzene rings is 2. The Bertz CT molecular complexity index is 903. The van der Waals surface area contributed by atoms with Crippen LogP contribution in [0.1, 0.15) is 43.0 Å². The quantitative estimate of drug-likeness (QED) is 0.543. The summed E-state index contributed by atoms with van der Waals surface area (Å²) in [4.78, 5) is 16.9. The summed E-state index contributed by atoms with van der Waals surface area (Å²) in [6.45, 7) is 6.26. The van der Waals surface area contributed by atoms with E-state index in [1.807, 2.05) is 12.1 Å². The Morgan fingerprint density at radius 3 is 2.46 bits per heavy atom. The molecule has 1 atom stereocenters. The van der Waals surface area contributed by atoms with E-state index < -0.39 is 0 Å². The molecule has 1 aromatic heterocycles. The molecule has 3 aromatic rings. The highest BCUT2D eigenvalue weighted by atomic mass is 32.2. The van der Waals surface area contributed by atoms with Gasteiger partial charge in [-0.1, -0.05) is 79.7 Å². The predicted octanol–water partition coefficient (Wildman–Crippen LogP) is 4.70. The molecule has 0 spiro atoms. The van der Waals surface area contributed by atoms with Crippen molar-refractivity contribution in [3.8, 4) is 11.4 Å². The third-order valence-corrected chi connectivity index (χ3v) is 5.50. The molecule has 6 heteroatoms. The van der Waals surface area contributed by atoms with Gasteiger partial charge in [0.2, 0.25) is 11.1 Å². The largest absolute Gasteiger partial charge is 0.349 e. The lowest BCUT2D eigenvalue weighted by molar-refractivity contribution is -0.119. The molecule has 1 heterocycles. The molecule has 0 bridgehead atoms. The molecule has 5 nitrogen and oxygen atoms in total. The van der Waals surface area contributed by atoms with Crippen molar-refractivity contribution in [2.75, 3.05) is 5.75 Å². The number of rotatable bonds is 8. The van der Waals surface area contributed by atoms with Crippen LogP contribution >= 0.6 is 11.8 Å². The fourth-order valence-corrected chi connectivity index (χ4v) is 3.53. The van der Waals surface area contributed by atoms with Crippen LogP contribution in [-0.2, 0) is 11.2 Å². The van der Waals surface area contributed by atoms with Crippen molar-refractivity contribution in [1.82, 2.24) is 20.5 Å².